The van der Waals surface area contributed by atoms with E-state index in [0.29, 0.717) is 4.83 Å². The molecule has 0 aliphatic rings. The zero-order chi connectivity index (χ0) is 12.3. The van der Waals surface area contributed by atoms with E-state index in [1.165, 1.54) is 26.9 Å². The molecule has 1 aromatic carbocycles. The summed E-state index contributed by atoms with van der Waals surface area (Å²) >= 11 is 8.98. The van der Waals surface area contributed by atoms with Gasteiger partial charge in [0, 0.05) is 0 Å². The molecule has 90 valence electrons. The first-order valence-electron chi connectivity index (χ1n) is 5.67. The predicted molar refractivity (Wildman–Crippen MR) is 83.2 cm³/mol. The molecule has 0 radical (unpaired) electrons. The van der Waals surface area contributed by atoms with Crippen molar-refractivity contribution in [3.8, 4) is 0 Å². The summed E-state index contributed by atoms with van der Waals surface area (Å²) in [6.07, 6.45) is 2.37. The van der Waals surface area contributed by atoms with Crippen LogP contribution in [0.5, 0.6) is 0 Å². The first kappa shape index (κ1) is 13.3. The number of hydrogen-bond acceptors (Lipinski definition) is 1. The fourth-order valence-corrected chi connectivity index (χ4v) is 3.74. The molecule has 0 aliphatic heterocycles. The Morgan fingerprint density at radius 2 is 1.88 bits per heavy atom. The number of alkyl halides is 1. The van der Waals surface area contributed by atoms with Crippen LogP contribution in [0.4, 0.5) is 0 Å². The quantitative estimate of drug-likeness (QED) is 0.581. The molecule has 2 rings (SSSR count). The molecular formula is C14H14Br2S. The SMILES string of the molecule is CCCc1ccc(C(Br)c2csc(Br)c2)cc1. The zero-order valence-electron chi connectivity index (χ0n) is 9.62. The van der Waals surface area contributed by atoms with Gasteiger partial charge in [0.05, 0.1) is 8.61 Å². The molecule has 0 aliphatic carbocycles. The zero-order valence-corrected chi connectivity index (χ0v) is 13.6. The van der Waals surface area contributed by atoms with Crippen LogP contribution in [-0.2, 0) is 6.42 Å². The Bertz CT molecular complexity index is 473. The molecule has 0 fully saturated rings. The minimum Gasteiger partial charge on any atom is -0.136 e. The lowest BCUT2D eigenvalue weighted by Gasteiger charge is -2.09. The summed E-state index contributed by atoms with van der Waals surface area (Å²) in [6.45, 7) is 2.21. The van der Waals surface area contributed by atoms with Gasteiger partial charge in [0.2, 0.25) is 0 Å². The van der Waals surface area contributed by atoms with Gasteiger partial charge in [-0.3, -0.25) is 0 Å². The van der Waals surface area contributed by atoms with E-state index in [1.807, 2.05) is 0 Å². The third-order valence-corrected chi connectivity index (χ3v) is 5.27. The van der Waals surface area contributed by atoms with Crippen LogP contribution in [0.25, 0.3) is 0 Å². The molecule has 3 heteroatoms. The third-order valence-electron chi connectivity index (χ3n) is 2.69. The van der Waals surface area contributed by atoms with E-state index >= 15 is 0 Å². The van der Waals surface area contributed by atoms with E-state index in [4.69, 9.17) is 0 Å². The van der Waals surface area contributed by atoms with Crippen LogP contribution < -0.4 is 0 Å². The van der Waals surface area contributed by atoms with Gasteiger partial charge in [-0.2, -0.15) is 0 Å². The Labute approximate surface area is 123 Å². The first-order valence-corrected chi connectivity index (χ1v) is 8.26. The predicted octanol–water partition coefficient (Wildman–Crippen LogP) is 5.95. The lowest BCUT2D eigenvalue weighted by atomic mass is 10.0. The highest BCUT2D eigenvalue weighted by Gasteiger charge is 2.11. The largest absolute Gasteiger partial charge is 0.136 e. The van der Waals surface area contributed by atoms with Crippen LogP contribution in [0, 0.1) is 0 Å². The summed E-state index contributed by atoms with van der Waals surface area (Å²) in [6, 6.07) is 11.1. The summed E-state index contributed by atoms with van der Waals surface area (Å²) in [7, 11) is 0. The molecule has 1 atom stereocenters. The summed E-state index contributed by atoms with van der Waals surface area (Å²) in [4.78, 5) is 0.292. The minimum absolute atomic E-state index is 0.292. The van der Waals surface area contributed by atoms with Crippen LogP contribution in [0.3, 0.4) is 0 Å². The van der Waals surface area contributed by atoms with E-state index in [1.54, 1.807) is 11.3 Å². The van der Waals surface area contributed by atoms with Crippen LogP contribution in [0.2, 0.25) is 0 Å². The van der Waals surface area contributed by atoms with Crippen molar-refractivity contribution < 1.29 is 0 Å². The van der Waals surface area contributed by atoms with Crippen molar-refractivity contribution in [1.29, 1.82) is 0 Å². The Morgan fingerprint density at radius 3 is 2.41 bits per heavy atom. The fraction of sp³-hybridized carbons (Fsp3) is 0.286. The molecule has 0 saturated carbocycles. The smallest absolute Gasteiger partial charge is 0.0701 e. The van der Waals surface area contributed by atoms with Crippen molar-refractivity contribution in [3.05, 3.63) is 56.2 Å². The van der Waals surface area contributed by atoms with Gasteiger partial charge in [-0.25, -0.2) is 0 Å². The fourth-order valence-electron chi connectivity index (χ4n) is 1.79. The second-order valence-corrected chi connectivity index (χ2v) is 7.24. The number of benzene rings is 1. The van der Waals surface area contributed by atoms with Gasteiger partial charge in [0.1, 0.15) is 0 Å². The van der Waals surface area contributed by atoms with E-state index in [0.717, 1.165) is 6.42 Å². The molecule has 17 heavy (non-hydrogen) atoms. The van der Waals surface area contributed by atoms with E-state index in [2.05, 4.69) is 74.5 Å². The van der Waals surface area contributed by atoms with Crippen molar-refractivity contribution in [2.75, 3.05) is 0 Å². The van der Waals surface area contributed by atoms with Gasteiger partial charge in [-0.15, -0.1) is 11.3 Å². The molecule has 0 bridgehead atoms. The van der Waals surface area contributed by atoms with Crippen molar-refractivity contribution in [1.82, 2.24) is 0 Å². The molecule has 2 aromatic rings. The summed E-state index contributed by atoms with van der Waals surface area (Å²) in [5.74, 6) is 0. The molecule has 0 N–H and O–H groups in total. The Kier molecular flexibility index (Phi) is 4.83. The Balaban J connectivity index is 2.16. The van der Waals surface area contributed by atoms with Gasteiger partial charge in [0.25, 0.3) is 0 Å². The van der Waals surface area contributed by atoms with Crippen LogP contribution >= 0.6 is 43.2 Å². The highest BCUT2D eigenvalue weighted by molar-refractivity contribution is 9.11. The van der Waals surface area contributed by atoms with Gasteiger partial charge in [0.15, 0.2) is 0 Å². The van der Waals surface area contributed by atoms with Crippen LogP contribution in [-0.4, -0.2) is 0 Å². The van der Waals surface area contributed by atoms with Crippen LogP contribution in [0.1, 0.15) is 34.9 Å². The molecule has 0 spiro atoms. The molecule has 1 unspecified atom stereocenters. The maximum atomic E-state index is 3.76. The van der Waals surface area contributed by atoms with Gasteiger partial charge < -0.3 is 0 Å². The van der Waals surface area contributed by atoms with Gasteiger partial charge in [-0.05, 0) is 50.5 Å². The number of halogens is 2. The van der Waals surface area contributed by atoms with Crippen LogP contribution in [0.15, 0.2) is 39.5 Å². The average Bonchev–Trinajstić information content (AvgIpc) is 2.76. The number of hydrogen-bond donors (Lipinski definition) is 0. The van der Waals surface area contributed by atoms with Crippen molar-refractivity contribution in [3.63, 3.8) is 0 Å². The Morgan fingerprint density at radius 1 is 1.18 bits per heavy atom. The van der Waals surface area contributed by atoms with Gasteiger partial charge in [-0.1, -0.05) is 53.5 Å². The molecular weight excluding hydrogens is 360 g/mol. The summed E-state index contributed by atoms with van der Waals surface area (Å²) < 4.78 is 1.18. The topological polar surface area (TPSA) is 0 Å². The summed E-state index contributed by atoms with van der Waals surface area (Å²) in [5, 5.41) is 2.18. The maximum Gasteiger partial charge on any atom is 0.0701 e. The second-order valence-electron chi connectivity index (χ2n) is 4.04. The number of aryl methyl sites for hydroxylation is 1. The van der Waals surface area contributed by atoms with Crippen molar-refractivity contribution in [2.45, 2.75) is 24.6 Å². The Hall–Kier alpha value is -0.120. The lowest BCUT2D eigenvalue weighted by molar-refractivity contribution is 0.920. The monoisotopic (exact) mass is 372 g/mol. The highest BCUT2D eigenvalue weighted by Crippen LogP contribution is 2.35. The molecule has 1 heterocycles. The molecule has 0 amide bonds. The number of thiophene rings is 1. The maximum absolute atomic E-state index is 3.76. The standard InChI is InChI=1S/C14H14Br2S/c1-2-3-10-4-6-11(7-5-10)14(16)12-8-13(15)17-9-12/h4-9,14H,2-3H2,1H3. The first-order chi connectivity index (χ1) is 8.20. The third kappa shape index (κ3) is 3.43. The van der Waals surface area contributed by atoms with Crippen molar-refractivity contribution in [2.24, 2.45) is 0 Å². The lowest BCUT2D eigenvalue weighted by Crippen LogP contribution is -1.91. The average molecular weight is 374 g/mol. The summed E-state index contributed by atoms with van der Waals surface area (Å²) in [5.41, 5.74) is 4.04. The van der Waals surface area contributed by atoms with Gasteiger partial charge >= 0.3 is 0 Å². The molecule has 0 nitrogen and oxygen atoms in total. The highest BCUT2D eigenvalue weighted by atomic mass is 79.9. The van der Waals surface area contributed by atoms with Crippen molar-refractivity contribution >= 4 is 43.2 Å². The molecule has 1 aromatic heterocycles. The normalized spacial score (nSPS) is 12.6. The second kappa shape index (κ2) is 6.17. The van der Waals surface area contributed by atoms with E-state index < -0.39 is 0 Å². The van der Waals surface area contributed by atoms with E-state index in [9.17, 15) is 0 Å². The number of rotatable bonds is 4. The molecule has 0 saturated heterocycles. The van der Waals surface area contributed by atoms with E-state index in [-0.39, 0.29) is 0 Å². The minimum atomic E-state index is 0.292.